The number of hydrogen-bond acceptors (Lipinski definition) is 4. The summed E-state index contributed by atoms with van der Waals surface area (Å²) in [6.07, 6.45) is 3.95. The highest BCUT2D eigenvalue weighted by atomic mass is 16.6. The van der Waals surface area contributed by atoms with Crippen molar-refractivity contribution in [3.63, 3.8) is 0 Å². The Bertz CT molecular complexity index is 549. The Morgan fingerprint density at radius 3 is 2.62 bits per heavy atom. The van der Waals surface area contributed by atoms with Gasteiger partial charge in [-0.2, -0.15) is 0 Å². The van der Waals surface area contributed by atoms with E-state index in [4.69, 9.17) is 4.74 Å². The molecule has 0 bridgehead atoms. The lowest BCUT2D eigenvalue weighted by Gasteiger charge is -2.29. The fourth-order valence-electron chi connectivity index (χ4n) is 3.22. The van der Waals surface area contributed by atoms with Gasteiger partial charge in [-0.1, -0.05) is 6.07 Å². The summed E-state index contributed by atoms with van der Waals surface area (Å²) in [7, 11) is 0. The molecule has 134 valence electrons. The second-order valence-electron chi connectivity index (χ2n) is 7.66. The topological polar surface area (TPSA) is 45.7 Å². The molecule has 24 heavy (non-hydrogen) atoms. The molecule has 1 aromatic heterocycles. The third kappa shape index (κ3) is 4.47. The van der Waals surface area contributed by atoms with Crippen LogP contribution in [0.3, 0.4) is 0 Å². The van der Waals surface area contributed by atoms with Gasteiger partial charge in [0.05, 0.1) is 0 Å². The number of ether oxygens (including phenoxy) is 1. The lowest BCUT2D eigenvalue weighted by atomic mass is 10.1. The molecule has 1 saturated heterocycles. The van der Waals surface area contributed by atoms with E-state index in [0.29, 0.717) is 24.4 Å². The zero-order valence-corrected chi connectivity index (χ0v) is 15.9. The number of likely N-dealkylation sites (tertiary alicyclic amines) is 1. The third-order valence-corrected chi connectivity index (χ3v) is 4.32. The van der Waals surface area contributed by atoms with Crippen LogP contribution in [-0.4, -0.2) is 40.7 Å². The van der Waals surface area contributed by atoms with Crippen molar-refractivity contribution in [1.29, 1.82) is 0 Å². The van der Waals surface area contributed by atoms with Gasteiger partial charge in [0, 0.05) is 24.8 Å². The number of carbonyl (C=O) groups is 1. The first-order valence-electron chi connectivity index (χ1n) is 8.95. The van der Waals surface area contributed by atoms with Crippen molar-refractivity contribution in [2.24, 2.45) is 0 Å². The minimum atomic E-state index is -0.508. The normalized spacial score (nSPS) is 18.9. The monoisotopic (exact) mass is 333 g/mol. The van der Waals surface area contributed by atoms with Gasteiger partial charge in [0.1, 0.15) is 11.4 Å². The Kier molecular flexibility index (Phi) is 5.86. The van der Waals surface area contributed by atoms with Gasteiger partial charge in [0.25, 0.3) is 0 Å². The Labute approximate surface area is 146 Å². The standard InChI is InChI=1S/C19H31N3O2/c1-7-21(18(23)24-19(4,5)6)17-11-10-15(13-20-17)16-9-8-12-22(16)14(2)3/h10-11,13-14,16H,7-9,12H2,1-6H3/t16-/m0/s1. The average molecular weight is 333 g/mol. The molecule has 1 amide bonds. The van der Waals surface area contributed by atoms with Crippen LogP contribution in [0, 0.1) is 0 Å². The molecule has 1 atom stereocenters. The minimum absolute atomic E-state index is 0.352. The van der Waals surface area contributed by atoms with Gasteiger partial charge < -0.3 is 4.74 Å². The Morgan fingerprint density at radius 1 is 1.42 bits per heavy atom. The first-order valence-corrected chi connectivity index (χ1v) is 8.95. The number of rotatable bonds is 4. The molecule has 5 nitrogen and oxygen atoms in total. The van der Waals surface area contributed by atoms with E-state index in [0.717, 1.165) is 6.54 Å². The van der Waals surface area contributed by atoms with Gasteiger partial charge in [-0.25, -0.2) is 9.78 Å². The van der Waals surface area contributed by atoms with Gasteiger partial charge in [-0.3, -0.25) is 9.80 Å². The molecule has 2 rings (SSSR count). The first-order chi connectivity index (χ1) is 11.2. The molecule has 2 heterocycles. The predicted molar refractivity (Wildman–Crippen MR) is 97.3 cm³/mol. The molecule has 0 spiro atoms. The predicted octanol–water partition coefficient (Wildman–Crippen LogP) is 4.39. The van der Waals surface area contributed by atoms with Crippen molar-refractivity contribution in [3.8, 4) is 0 Å². The van der Waals surface area contributed by atoms with Gasteiger partial charge in [0.15, 0.2) is 0 Å². The zero-order chi connectivity index (χ0) is 17.9. The highest BCUT2D eigenvalue weighted by molar-refractivity contribution is 5.86. The molecule has 1 aliphatic heterocycles. The lowest BCUT2D eigenvalue weighted by molar-refractivity contribution is 0.0581. The van der Waals surface area contributed by atoms with Crippen LogP contribution in [0.1, 0.15) is 66.0 Å². The maximum atomic E-state index is 12.3. The highest BCUT2D eigenvalue weighted by Gasteiger charge is 2.28. The van der Waals surface area contributed by atoms with E-state index >= 15 is 0 Å². The van der Waals surface area contributed by atoms with E-state index in [-0.39, 0.29) is 6.09 Å². The van der Waals surface area contributed by atoms with Crippen LogP contribution in [0.5, 0.6) is 0 Å². The molecule has 0 radical (unpaired) electrons. The van der Waals surface area contributed by atoms with E-state index in [9.17, 15) is 4.79 Å². The first kappa shape index (κ1) is 18.7. The SMILES string of the molecule is CCN(C(=O)OC(C)(C)C)c1ccc([C@@H]2CCCN2C(C)C)cn1. The van der Waals surface area contributed by atoms with Crippen LogP contribution >= 0.6 is 0 Å². The molecule has 1 fully saturated rings. The van der Waals surface area contributed by atoms with Gasteiger partial charge in [-0.15, -0.1) is 0 Å². The molecule has 0 unspecified atom stereocenters. The molecule has 0 saturated carbocycles. The van der Waals surface area contributed by atoms with Gasteiger partial charge >= 0.3 is 6.09 Å². The second kappa shape index (κ2) is 7.51. The Morgan fingerprint density at radius 2 is 2.12 bits per heavy atom. The lowest BCUT2D eigenvalue weighted by Crippen LogP contribution is -2.37. The molecule has 1 aromatic rings. The van der Waals surface area contributed by atoms with Crippen LogP contribution in [0.4, 0.5) is 10.6 Å². The summed E-state index contributed by atoms with van der Waals surface area (Å²) in [5.41, 5.74) is 0.719. The van der Waals surface area contributed by atoms with Crippen molar-refractivity contribution in [2.45, 2.75) is 72.1 Å². The van der Waals surface area contributed by atoms with E-state index in [1.807, 2.05) is 40.0 Å². The molecule has 0 N–H and O–H groups in total. The molecule has 0 aliphatic carbocycles. The quantitative estimate of drug-likeness (QED) is 0.820. The maximum Gasteiger partial charge on any atom is 0.415 e. The molecular weight excluding hydrogens is 302 g/mol. The van der Waals surface area contributed by atoms with Crippen LogP contribution in [-0.2, 0) is 4.74 Å². The summed E-state index contributed by atoms with van der Waals surface area (Å²) in [5.74, 6) is 0.643. The van der Waals surface area contributed by atoms with Crippen LogP contribution < -0.4 is 4.90 Å². The molecule has 5 heteroatoms. The molecule has 0 aromatic carbocycles. The minimum Gasteiger partial charge on any atom is -0.443 e. The summed E-state index contributed by atoms with van der Waals surface area (Å²) < 4.78 is 5.46. The number of anilines is 1. The van der Waals surface area contributed by atoms with Crippen molar-refractivity contribution < 1.29 is 9.53 Å². The molecule has 1 aliphatic rings. The Hall–Kier alpha value is -1.62. The van der Waals surface area contributed by atoms with Crippen molar-refractivity contribution in [1.82, 2.24) is 9.88 Å². The largest absolute Gasteiger partial charge is 0.443 e. The average Bonchev–Trinajstić information content (AvgIpc) is 2.96. The third-order valence-electron chi connectivity index (χ3n) is 4.32. The molecular formula is C19H31N3O2. The fourth-order valence-corrected chi connectivity index (χ4v) is 3.22. The van der Waals surface area contributed by atoms with Crippen LogP contribution in [0.15, 0.2) is 18.3 Å². The number of hydrogen-bond donors (Lipinski definition) is 0. The Balaban J connectivity index is 2.14. The van der Waals surface area contributed by atoms with Gasteiger partial charge in [-0.05, 0) is 72.6 Å². The number of aromatic nitrogens is 1. The number of carbonyl (C=O) groups excluding carboxylic acids is 1. The van der Waals surface area contributed by atoms with E-state index in [2.05, 4.69) is 29.8 Å². The summed E-state index contributed by atoms with van der Waals surface area (Å²) in [4.78, 5) is 21.0. The summed E-state index contributed by atoms with van der Waals surface area (Å²) >= 11 is 0. The summed E-state index contributed by atoms with van der Waals surface area (Å²) in [6.45, 7) is 13.7. The smallest absolute Gasteiger partial charge is 0.415 e. The maximum absolute atomic E-state index is 12.3. The second-order valence-corrected chi connectivity index (χ2v) is 7.66. The van der Waals surface area contributed by atoms with Crippen LogP contribution in [0.2, 0.25) is 0 Å². The van der Waals surface area contributed by atoms with E-state index in [1.165, 1.54) is 18.4 Å². The zero-order valence-electron chi connectivity index (χ0n) is 15.9. The van der Waals surface area contributed by atoms with Crippen LogP contribution in [0.25, 0.3) is 0 Å². The summed E-state index contributed by atoms with van der Waals surface area (Å²) in [6, 6.07) is 4.99. The number of nitrogens with zero attached hydrogens (tertiary/aromatic N) is 3. The van der Waals surface area contributed by atoms with E-state index < -0.39 is 5.60 Å². The summed E-state index contributed by atoms with van der Waals surface area (Å²) in [5, 5.41) is 0. The van der Waals surface area contributed by atoms with Crippen molar-refractivity contribution in [3.05, 3.63) is 23.9 Å². The van der Waals surface area contributed by atoms with Crippen molar-refractivity contribution >= 4 is 11.9 Å². The van der Waals surface area contributed by atoms with Gasteiger partial charge in [0.2, 0.25) is 0 Å². The highest BCUT2D eigenvalue weighted by Crippen LogP contribution is 2.33. The van der Waals surface area contributed by atoms with Crippen molar-refractivity contribution in [2.75, 3.05) is 18.0 Å². The fraction of sp³-hybridized carbons (Fsp3) is 0.684. The number of pyridine rings is 1. The van der Waals surface area contributed by atoms with E-state index in [1.54, 1.807) is 4.90 Å². The number of amides is 1.